The Morgan fingerprint density at radius 3 is 2.50 bits per heavy atom. The van der Waals surface area contributed by atoms with Gasteiger partial charge in [-0.3, -0.25) is 14.9 Å². The van der Waals surface area contributed by atoms with Gasteiger partial charge in [0, 0.05) is 24.1 Å². The normalized spacial score (nSPS) is 22.3. The molecule has 8 nitrogen and oxygen atoms in total. The first-order chi connectivity index (χ1) is 11.3. The Morgan fingerprint density at radius 2 is 1.96 bits per heavy atom. The van der Waals surface area contributed by atoms with Gasteiger partial charge in [-0.15, -0.1) is 0 Å². The molecule has 1 fully saturated rings. The predicted octanol–water partition coefficient (Wildman–Crippen LogP) is 1.93. The summed E-state index contributed by atoms with van der Waals surface area (Å²) in [6.07, 6.45) is 1.93. The van der Waals surface area contributed by atoms with Gasteiger partial charge >= 0.3 is 5.97 Å². The van der Waals surface area contributed by atoms with Crippen molar-refractivity contribution in [3.05, 3.63) is 51.7 Å². The van der Waals surface area contributed by atoms with Gasteiger partial charge in [-0.1, -0.05) is 12.1 Å². The second-order valence-electron chi connectivity index (χ2n) is 6.38. The van der Waals surface area contributed by atoms with Crippen LogP contribution in [-0.2, 0) is 14.3 Å². The van der Waals surface area contributed by atoms with Crippen LogP contribution in [0.4, 0.5) is 5.69 Å². The lowest BCUT2D eigenvalue weighted by atomic mass is 9.97. The molecule has 2 heterocycles. The van der Waals surface area contributed by atoms with Gasteiger partial charge in [0.2, 0.25) is 5.91 Å². The average molecular weight is 331 g/mol. The molecule has 2 aliphatic heterocycles. The van der Waals surface area contributed by atoms with Crippen LogP contribution in [-0.4, -0.2) is 39.5 Å². The van der Waals surface area contributed by atoms with E-state index in [1.54, 1.807) is 18.2 Å². The SMILES string of the molecule is COC(=O)C1=CC(c2ccc([N+](=O)[O-])cc2)N2N1C(=O)CC2(C)C. The number of rotatable bonds is 3. The van der Waals surface area contributed by atoms with Crippen molar-refractivity contribution in [3.8, 4) is 0 Å². The maximum atomic E-state index is 12.4. The van der Waals surface area contributed by atoms with Gasteiger partial charge in [0.05, 0.1) is 18.1 Å². The van der Waals surface area contributed by atoms with Crippen LogP contribution in [0.2, 0.25) is 0 Å². The van der Waals surface area contributed by atoms with E-state index in [9.17, 15) is 19.7 Å². The molecule has 0 N–H and O–H groups in total. The van der Waals surface area contributed by atoms with Crippen molar-refractivity contribution in [3.63, 3.8) is 0 Å². The molecule has 8 heteroatoms. The van der Waals surface area contributed by atoms with Gasteiger partial charge in [0.25, 0.3) is 5.69 Å². The van der Waals surface area contributed by atoms with Gasteiger partial charge in [-0.2, -0.15) is 5.01 Å². The molecule has 3 rings (SSSR count). The number of esters is 1. The molecule has 1 atom stereocenters. The Kier molecular flexibility index (Phi) is 3.64. The largest absolute Gasteiger partial charge is 0.464 e. The number of hydrogen-bond donors (Lipinski definition) is 0. The number of hydrazine groups is 1. The number of methoxy groups -OCH3 is 1. The first-order valence-electron chi connectivity index (χ1n) is 7.43. The zero-order valence-corrected chi connectivity index (χ0v) is 13.6. The number of ether oxygens (including phenoxy) is 1. The average Bonchev–Trinajstić information content (AvgIpc) is 3.04. The monoisotopic (exact) mass is 331 g/mol. The third-order valence-electron chi connectivity index (χ3n) is 4.30. The number of hydrogen-bond acceptors (Lipinski definition) is 6. The van der Waals surface area contributed by atoms with Gasteiger partial charge in [0.15, 0.2) is 0 Å². The van der Waals surface area contributed by atoms with E-state index in [1.165, 1.54) is 24.3 Å². The van der Waals surface area contributed by atoms with E-state index in [0.717, 1.165) is 5.56 Å². The van der Waals surface area contributed by atoms with Crippen molar-refractivity contribution in [2.45, 2.75) is 31.8 Å². The molecule has 0 aliphatic carbocycles. The number of carbonyl (C=O) groups excluding carboxylic acids is 2. The molecule has 126 valence electrons. The smallest absolute Gasteiger partial charge is 0.356 e. The number of amides is 1. The summed E-state index contributed by atoms with van der Waals surface area (Å²) < 4.78 is 4.78. The first kappa shape index (κ1) is 16.1. The fourth-order valence-electron chi connectivity index (χ4n) is 3.25. The summed E-state index contributed by atoms with van der Waals surface area (Å²) in [7, 11) is 1.26. The summed E-state index contributed by atoms with van der Waals surface area (Å²) in [5.74, 6) is -0.767. The Morgan fingerprint density at radius 1 is 1.33 bits per heavy atom. The number of nitro benzene ring substituents is 1. The number of fused-ring (bicyclic) bond motifs is 1. The van der Waals surface area contributed by atoms with Crippen LogP contribution in [0.15, 0.2) is 36.0 Å². The van der Waals surface area contributed by atoms with Crippen LogP contribution in [0, 0.1) is 10.1 Å². The molecule has 0 spiro atoms. The molecular weight excluding hydrogens is 314 g/mol. The summed E-state index contributed by atoms with van der Waals surface area (Å²) in [5, 5.41) is 14.0. The van der Waals surface area contributed by atoms with Crippen molar-refractivity contribution >= 4 is 17.6 Å². The lowest BCUT2D eigenvalue weighted by molar-refractivity contribution is -0.384. The molecule has 0 bridgehead atoms. The Balaban J connectivity index is 2.05. The van der Waals surface area contributed by atoms with Gasteiger partial charge < -0.3 is 4.74 Å². The van der Waals surface area contributed by atoms with Gasteiger partial charge in [-0.05, 0) is 25.5 Å². The maximum absolute atomic E-state index is 12.4. The van der Waals surface area contributed by atoms with Crippen molar-refractivity contribution in [1.29, 1.82) is 0 Å². The topological polar surface area (TPSA) is 93.0 Å². The fourth-order valence-corrected chi connectivity index (χ4v) is 3.25. The molecule has 1 aromatic carbocycles. The summed E-state index contributed by atoms with van der Waals surface area (Å²) >= 11 is 0. The van der Waals surface area contributed by atoms with E-state index in [1.807, 2.05) is 18.9 Å². The molecule has 0 aromatic heterocycles. The highest BCUT2D eigenvalue weighted by Gasteiger charge is 2.53. The number of benzene rings is 1. The highest BCUT2D eigenvalue weighted by atomic mass is 16.6. The minimum absolute atomic E-state index is 0.0115. The quantitative estimate of drug-likeness (QED) is 0.477. The standard InChI is InChI=1S/C16H17N3O5/c1-16(2)9-14(20)17-13(15(21)24-3)8-12(18(16)17)10-4-6-11(7-5-10)19(22)23/h4-8,12H,9H2,1-3H3. The minimum Gasteiger partial charge on any atom is -0.464 e. The molecular formula is C16H17N3O5. The minimum atomic E-state index is -0.588. The molecule has 0 saturated carbocycles. The predicted molar refractivity (Wildman–Crippen MR) is 83.3 cm³/mol. The number of nitrogens with zero attached hydrogens (tertiary/aromatic N) is 3. The van der Waals surface area contributed by atoms with E-state index in [2.05, 4.69) is 0 Å². The number of carbonyl (C=O) groups is 2. The first-order valence-corrected chi connectivity index (χ1v) is 7.43. The third kappa shape index (κ3) is 2.35. The van der Waals surface area contributed by atoms with E-state index in [4.69, 9.17) is 4.74 Å². The van der Waals surface area contributed by atoms with Crippen LogP contribution < -0.4 is 0 Å². The number of nitro groups is 1. The maximum Gasteiger partial charge on any atom is 0.356 e. The summed E-state index contributed by atoms with van der Waals surface area (Å²) in [6, 6.07) is 5.72. The van der Waals surface area contributed by atoms with Crippen molar-refractivity contribution in [2.75, 3.05) is 7.11 Å². The van der Waals surface area contributed by atoms with Crippen molar-refractivity contribution in [1.82, 2.24) is 10.0 Å². The molecule has 0 radical (unpaired) electrons. The van der Waals surface area contributed by atoms with Crippen LogP contribution in [0.3, 0.4) is 0 Å². The second-order valence-corrected chi connectivity index (χ2v) is 6.38. The van der Waals surface area contributed by atoms with Crippen LogP contribution >= 0.6 is 0 Å². The molecule has 1 unspecified atom stereocenters. The lowest BCUT2D eigenvalue weighted by Gasteiger charge is -2.36. The van der Waals surface area contributed by atoms with Crippen LogP contribution in [0.5, 0.6) is 0 Å². The summed E-state index contributed by atoms with van der Waals surface area (Å²) in [4.78, 5) is 34.7. The Hall–Kier alpha value is -2.74. The summed E-state index contributed by atoms with van der Waals surface area (Å²) in [6.45, 7) is 3.83. The Labute approximate surface area is 138 Å². The Bertz CT molecular complexity index is 753. The number of non-ortho nitro benzene ring substituents is 1. The highest BCUT2D eigenvalue weighted by Crippen LogP contribution is 2.45. The summed E-state index contributed by atoms with van der Waals surface area (Å²) in [5.41, 5.74) is 0.432. The van der Waals surface area contributed by atoms with Crippen LogP contribution in [0.25, 0.3) is 0 Å². The van der Waals surface area contributed by atoms with Gasteiger partial charge in [-0.25, -0.2) is 9.80 Å². The van der Waals surface area contributed by atoms with E-state index in [0.29, 0.717) is 0 Å². The molecule has 1 aromatic rings. The molecule has 24 heavy (non-hydrogen) atoms. The van der Waals surface area contributed by atoms with E-state index in [-0.39, 0.29) is 29.8 Å². The molecule has 2 aliphatic rings. The van der Waals surface area contributed by atoms with Crippen molar-refractivity contribution in [2.24, 2.45) is 0 Å². The zero-order chi connectivity index (χ0) is 17.6. The fraction of sp³-hybridized carbons (Fsp3) is 0.375. The molecule has 1 saturated heterocycles. The van der Waals surface area contributed by atoms with Gasteiger partial charge in [0.1, 0.15) is 5.70 Å². The molecule has 1 amide bonds. The van der Waals surface area contributed by atoms with E-state index >= 15 is 0 Å². The zero-order valence-electron chi connectivity index (χ0n) is 13.6. The third-order valence-corrected chi connectivity index (χ3v) is 4.30. The van der Waals surface area contributed by atoms with Crippen molar-refractivity contribution < 1.29 is 19.2 Å². The van der Waals surface area contributed by atoms with E-state index < -0.39 is 16.4 Å². The highest BCUT2D eigenvalue weighted by molar-refractivity contribution is 5.95. The van der Waals surface area contributed by atoms with Crippen LogP contribution in [0.1, 0.15) is 31.9 Å². The lowest BCUT2D eigenvalue weighted by Crippen LogP contribution is -2.45. The second kappa shape index (κ2) is 5.41.